The van der Waals surface area contributed by atoms with Gasteiger partial charge >= 0.3 is 176 Å². The fourth-order valence-electron chi connectivity index (χ4n) is 3.87. The van der Waals surface area contributed by atoms with Crippen LogP contribution in [0.1, 0.15) is 89.7 Å². The van der Waals surface area contributed by atoms with E-state index in [0.29, 0.717) is 4.06 Å². The number of nitrogens with one attached hydrogen (secondary N) is 1. The predicted octanol–water partition coefficient (Wildman–Crippen LogP) is 7.17. The van der Waals surface area contributed by atoms with Crippen molar-refractivity contribution < 1.29 is 4.21 Å². The summed E-state index contributed by atoms with van der Waals surface area (Å²) in [5, 5.41) is 0. The van der Waals surface area contributed by atoms with Crippen LogP contribution >= 0.6 is 0 Å². The number of hydrogen-bond donors (Lipinski definition) is 1. The van der Waals surface area contributed by atoms with Gasteiger partial charge in [0, 0.05) is 0 Å². The molecule has 0 bridgehead atoms. The minimum absolute atomic E-state index is 0.231. The van der Waals surface area contributed by atoms with Crippen molar-refractivity contribution >= 4 is 29.4 Å². The molecule has 0 aliphatic rings. The Bertz CT molecular complexity index is 519. The van der Waals surface area contributed by atoms with Gasteiger partial charge in [0.1, 0.15) is 0 Å². The van der Waals surface area contributed by atoms with Crippen molar-refractivity contribution in [2.24, 2.45) is 0 Å². The first-order valence-electron chi connectivity index (χ1n) is 11.0. The molecule has 1 aromatic carbocycles. The van der Waals surface area contributed by atoms with Gasteiger partial charge in [0.25, 0.3) is 0 Å². The van der Waals surface area contributed by atoms with Gasteiger partial charge in [-0.15, -0.1) is 0 Å². The molecule has 0 saturated heterocycles. The van der Waals surface area contributed by atoms with Gasteiger partial charge in [0.2, 0.25) is 0 Å². The third kappa shape index (κ3) is 8.18. The number of benzene rings is 1. The second-order valence-electron chi connectivity index (χ2n) is 9.02. The van der Waals surface area contributed by atoms with Gasteiger partial charge < -0.3 is 0 Å². The third-order valence-corrected chi connectivity index (χ3v) is 24.2. The van der Waals surface area contributed by atoms with Gasteiger partial charge in [-0.3, -0.25) is 0 Å². The first-order chi connectivity index (χ1) is 12.8. The van der Waals surface area contributed by atoms with Crippen LogP contribution in [0.2, 0.25) is 13.3 Å². The molecule has 1 N–H and O–H groups in total. The van der Waals surface area contributed by atoms with Crippen molar-refractivity contribution in [2.75, 3.05) is 0 Å². The SMILES string of the molecule is CCC[CH2][Sn]([CH2]CCC)([CH2]CCC)[C@@H](NS(=O)C(C)(C)C)c1ccccc1. The van der Waals surface area contributed by atoms with E-state index in [1.807, 2.05) is 0 Å². The van der Waals surface area contributed by atoms with Crippen molar-refractivity contribution in [3.05, 3.63) is 35.9 Å². The normalized spacial score (nSPS) is 14.9. The Morgan fingerprint density at radius 1 is 0.889 bits per heavy atom. The van der Waals surface area contributed by atoms with E-state index in [-0.39, 0.29) is 4.75 Å². The molecule has 4 heteroatoms. The van der Waals surface area contributed by atoms with Crippen LogP contribution in [0.3, 0.4) is 0 Å². The molecule has 0 spiro atoms. The Morgan fingerprint density at radius 2 is 1.33 bits per heavy atom. The van der Waals surface area contributed by atoms with Crippen LogP contribution in [-0.2, 0) is 11.0 Å². The first kappa shape index (κ1) is 25.2. The molecule has 0 radical (unpaired) electrons. The second-order valence-corrected chi connectivity index (χ2v) is 24.7. The van der Waals surface area contributed by atoms with Gasteiger partial charge in [0.05, 0.1) is 0 Å². The average molecular weight is 500 g/mol. The summed E-state index contributed by atoms with van der Waals surface area (Å²) in [5.74, 6) is 0. The molecule has 0 heterocycles. The maximum atomic E-state index is 13.1. The van der Waals surface area contributed by atoms with E-state index >= 15 is 0 Å². The van der Waals surface area contributed by atoms with Crippen LogP contribution in [-0.4, -0.2) is 27.3 Å². The molecule has 0 fully saturated rings. The molecule has 0 aromatic heterocycles. The Hall–Kier alpha value is 0.129. The van der Waals surface area contributed by atoms with E-state index in [0.717, 1.165) is 0 Å². The summed E-state index contributed by atoms with van der Waals surface area (Å²) in [7, 11) is -1.03. The van der Waals surface area contributed by atoms with E-state index in [1.54, 1.807) is 0 Å². The van der Waals surface area contributed by atoms with Crippen LogP contribution in [0.25, 0.3) is 0 Å². The van der Waals surface area contributed by atoms with E-state index in [9.17, 15) is 4.21 Å². The average Bonchev–Trinajstić information content (AvgIpc) is 2.66. The summed E-state index contributed by atoms with van der Waals surface area (Å²) in [6, 6.07) is 10.9. The standard InChI is InChI=1S/C11H16NOS.3C4H9.Sn/c1-11(2,3)14(13)12-9-10-7-5-4-6-8-10;3*1-3-4-2;/h4-9,12H,1-3H3;3*1,3-4H2,2H3;. The summed E-state index contributed by atoms with van der Waals surface area (Å²) in [6.45, 7) is 13.2. The van der Waals surface area contributed by atoms with Crippen molar-refractivity contribution in [3.63, 3.8) is 0 Å². The Kier molecular flexibility index (Phi) is 11.8. The molecular weight excluding hydrogens is 457 g/mol. The monoisotopic (exact) mass is 501 g/mol. The summed E-state index contributed by atoms with van der Waals surface area (Å²) in [5.41, 5.74) is 1.38. The summed E-state index contributed by atoms with van der Waals surface area (Å²) >= 11 is -2.62. The van der Waals surface area contributed by atoms with Crippen molar-refractivity contribution in [1.82, 2.24) is 4.72 Å². The molecule has 0 amide bonds. The Balaban J connectivity index is 3.37. The molecular formula is C23H43NOSSn. The molecule has 0 aliphatic heterocycles. The van der Waals surface area contributed by atoms with Crippen molar-refractivity contribution in [1.29, 1.82) is 0 Å². The van der Waals surface area contributed by atoms with Crippen LogP contribution in [0, 0.1) is 0 Å². The summed E-state index contributed by atoms with van der Waals surface area (Å²) < 4.78 is 21.2. The number of hydrogen-bond acceptors (Lipinski definition) is 1. The third-order valence-electron chi connectivity index (χ3n) is 5.61. The fraction of sp³-hybridized carbons (Fsp3) is 0.739. The Morgan fingerprint density at radius 3 is 1.70 bits per heavy atom. The molecule has 1 unspecified atom stereocenters. The summed E-state index contributed by atoms with van der Waals surface area (Å²) in [4.78, 5) is 0. The van der Waals surface area contributed by atoms with Gasteiger partial charge in [0.15, 0.2) is 0 Å². The molecule has 0 saturated carbocycles. The van der Waals surface area contributed by atoms with Gasteiger partial charge in [-0.25, -0.2) is 0 Å². The van der Waals surface area contributed by atoms with Crippen LogP contribution in [0.15, 0.2) is 30.3 Å². The molecule has 156 valence electrons. The van der Waals surface area contributed by atoms with Crippen LogP contribution in [0.5, 0.6) is 0 Å². The van der Waals surface area contributed by atoms with Crippen molar-refractivity contribution in [3.8, 4) is 0 Å². The predicted molar refractivity (Wildman–Crippen MR) is 125 cm³/mol. The molecule has 1 rings (SSSR count). The van der Waals surface area contributed by atoms with E-state index in [1.165, 1.54) is 57.4 Å². The molecule has 2 atom stereocenters. The van der Waals surface area contributed by atoms with Crippen LogP contribution in [0.4, 0.5) is 0 Å². The zero-order valence-electron chi connectivity index (χ0n) is 18.6. The van der Waals surface area contributed by atoms with Crippen molar-refractivity contribution in [2.45, 2.75) is 102 Å². The van der Waals surface area contributed by atoms with Gasteiger partial charge in [-0.2, -0.15) is 0 Å². The van der Waals surface area contributed by atoms with Gasteiger partial charge in [-0.1, -0.05) is 0 Å². The topological polar surface area (TPSA) is 29.1 Å². The zero-order valence-corrected chi connectivity index (χ0v) is 22.3. The summed E-state index contributed by atoms with van der Waals surface area (Å²) in [6.07, 6.45) is 7.78. The maximum absolute atomic E-state index is 13.1. The number of rotatable bonds is 13. The second kappa shape index (κ2) is 12.6. The van der Waals surface area contributed by atoms with E-state index < -0.39 is 29.4 Å². The van der Waals surface area contributed by atoms with E-state index in [2.05, 4.69) is 76.6 Å². The van der Waals surface area contributed by atoms with Gasteiger partial charge in [-0.05, 0) is 0 Å². The Labute approximate surface area is 175 Å². The molecule has 27 heavy (non-hydrogen) atoms. The fourth-order valence-corrected chi connectivity index (χ4v) is 24.1. The van der Waals surface area contributed by atoms with E-state index in [4.69, 9.17) is 0 Å². The van der Waals surface area contributed by atoms with Crippen LogP contribution < -0.4 is 4.72 Å². The zero-order chi connectivity index (χ0) is 20.3. The molecule has 2 nitrogen and oxygen atoms in total. The first-order valence-corrected chi connectivity index (χ1v) is 19.9. The minimum atomic E-state index is -2.62. The molecule has 0 aliphatic carbocycles. The molecule has 1 aromatic rings. The quantitative estimate of drug-likeness (QED) is 0.286. The number of unbranched alkanes of at least 4 members (excludes halogenated alkanes) is 3.